The van der Waals surface area contributed by atoms with Crippen LogP contribution in [0.1, 0.15) is 26.6 Å². The molecule has 1 amide bonds. The zero-order valence-electron chi connectivity index (χ0n) is 12.9. The topological polar surface area (TPSA) is 117 Å². The molecule has 0 aliphatic heterocycles. The molecule has 4 N–H and O–H groups in total. The quantitative estimate of drug-likeness (QED) is 0.743. The number of aromatic nitrogens is 2. The predicted molar refractivity (Wildman–Crippen MR) is 88.4 cm³/mol. The molecule has 0 unspecified atom stereocenters. The summed E-state index contributed by atoms with van der Waals surface area (Å²) in [5, 5.41) is 0.801. The maximum absolute atomic E-state index is 11.0. The first-order valence-electron chi connectivity index (χ1n) is 6.89. The lowest BCUT2D eigenvalue weighted by Gasteiger charge is -2.17. The molecule has 3 heterocycles. The van der Waals surface area contributed by atoms with Crippen LogP contribution in [0.4, 0.5) is 10.5 Å². The second kappa shape index (κ2) is 5.24. The van der Waals surface area contributed by atoms with Gasteiger partial charge in [0, 0.05) is 5.41 Å². The highest BCUT2D eigenvalue weighted by Gasteiger charge is 2.25. The van der Waals surface area contributed by atoms with Crippen molar-refractivity contribution in [1.82, 2.24) is 9.97 Å². The molecule has 0 saturated carbocycles. The van der Waals surface area contributed by atoms with Gasteiger partial charge >= 0.3 is 6.09 Å². The van der Waals surface area contributed by atoms with Gasteiger partial charge in [-0.3, -0.25) is 0 Å². The fourth-order valence-corrected chi connectivity index (χ4v) is 3.05. The number of nitrogen functional groups attached to an aromatic ring is 1. The number of anilines is 1. The number of carbonyl (C=O) groups excluding carboxylic acids is 1. The van der Waals surface area contributed by atoms with E-state index in [1.165, 1.54) is 0 Å². The number of ether oxygens (including phenoxy) is 1. The first-order valence-corrected chi connectivity index (χ1v) is 7.70. The minimum atomic E-state index is -0.924. The number of fused-ring (bicyclic) bond motifs is 1. The maximum Gasteiger partial charge on any atom is 0.410 e. The summed E-state index contributed by atoms with van der Waals surface area (Å²) in [6, 6.07) is 3.56. The van der Waals surface area contributed by atoms with E-state index in [9.17, 15) is 4.79 Å². The average molecular weight is 332 g/mol. The summed E-state index contributed by atoms with van der Waals surface area (Å²) in [7, 11) is 0. The van der Waals surface area contributed by atoms with E-state index in [4.69, 9.17) is 20.6 Å². The average Bonchev–Trinajstić information content (AvgIpc) is 3.06. The van der Waals surface area contributed by atoms with Gasteiger partial charge in [-0.25, -0.2) is 14.8 Å². The Balaban J connectivity index is 2.33. The Kier molecular flexibility index (Phi) is 3.48. The van der Waals surface area contributed by atoms with E-state index < -0.39 is 6.09 Å². The van der Waals surface area contributed by atoms with Crippen molar-refractivity contribution in [3.63, 3.8) is 0 Å². The Morgan fingerprint density at radius 1 is 1.35 bits per heavy atom. The monoisotopic (exact) mass is 332 g/mol. The van der Waals surface area contributed by atoms with Gasteiger partial charge in [0.05, 0.1) is 17.3 Å². The molecule has 0 aliphatic carbocycles. The molecular weight excluding hydrogens is 316 g/mol. The first kappa shape index (κ1) is 15.3. The lowest BCUT2D eigenvalue weighted by atomic mass is 9.95. The van der Waals surface area contributed by atoms with E-state index in [2.05, 4.69) is 9.97 Å². The van der Waals surface area contributed by atoms with Gasteiger partial charge in [0.25, 0.3) is 0 Å². The number of thiophene rings is 1. The van der Waals surface area contributed by atoms with Crippen LogP contribution in [0.25, 0.3) is 21.7 Å². The molecule has 0 fully saturated rings. The SMILES string of the molecule is CC(C)(C)c1nc(-c2ccco2)c2c(N)c(OC(N)=O)sc2n1. The molecule has 0 bridgehead atoms. The van der Waals surface area contributed by atoms with Crippen LogP contribution in [0.5, 0.6) is 5.06 Å². The molecular formula is C15H16N4O3S. The molecule has 120 valence electrons. The molecule has 3 aromatic rings. The first-order chi connectivity index (χ1) is 10.8. The van der Waals surface area contributed by atoms with Gasteiger partial charge in [-0.2, -0.15) is 0 Å². The normalized spacial score (nSPS) is 11.8. The second-order valence-corrected chi connectivity index (χ2v) is 6.99. The lowest BCUT2D eigenvalue weighted by molar-refractivity contribution is 0.212. The van der Waals surface area contributed by atoms with Gasteiger partial charge in [0.1, 0.15) is 16.3 Å². The summed E-state index contributed by atoms with van der Waals surface area (Å²) in [5.41, 5.74) is 11.8. The summed E-state index contributed by atoms with van der Waals surface area (Å²) in [5.74, 6) is 1.21. The second-order valence-electron chi connectivity index (χ2n) is 6.03. The Labute approximate surface area is 136 Å². The Morgan fingerprint density at radius 2 is 2.09 bits per heavy atom. The van der Waals surface area contributed by atoms with Crippen molar-refractivity contribution in [2.24, 2.45) is 5.73 Å². The lowest BCUT2D eigenvalue weighted by Crippen LogP contribution is -2.16. The third-order valence-electron chi connectivity index (χ3n) is 3.17. The van der Waals surface area contributed by atoms with Crippen LogP contribution in [-0.2, 0) is 5.41 Å². The summed E-state index contributed by atoms with van der Waals surface area (Å²) < 4.78 is 10.4. The third kappa shape index (κ3) is 2.72. The maximum atomic E-state index is 11.0. The molecule has 7 nitrogen and oxygen atoms in total. The van der Waals surface area contributed by atoms with Gasteiger partial charge in [-0.15, -0.1) is 0 Å². The fourth-order valence-electron chi connectivity index (χ4n) is 2.10. The van der Waals surface area contributed by atoms with Crippen molar-refractivity contribution >= 4 is 33.3 Å². The largest absolute Gasteiger partial charge is 0.463 e. The van der Waals surface area contributed by atoms with E-state index in [0.29, 0.717) is 27.5 Å². The van der Waals surface area contributed by atoms with Crippen LogP contribution in [0.3, 0.4) is 0 Å². The molecule has 0 saturated heterocycles. The van der Waals surface area contributed by atoms with Crippen LogP contribution in [0.15, 0.2) is 22.8 Å². The van der Waals surface area contributed by atoms with Crippen LogP contribution < -0.4 is 16.2 Å². The zero-order valence-corrected chi connectivity index (χ0v) is 13.7. The minimum absolute atomic E-state index is 0.209. The number of nitrogens with zero attached hydrogens (tertiary/aromatic N) is 2. The summed E-state index contributed by atoms with van der Waals surface area (Å²) in [4.78, 5) is 20.8. The zero-order chi connectivity index (χ0) is 16.8. The predicted octanol–water partition coefficient (Wildman–Crippen LogP) is 3.29. The van der Waals surface area contributed by atoms with E-state index in [1.807, 2.05) is 20.8 Å². The van der Waals surface area contributed by atoms with Crippen molar-refractivity contribution in [2.75, 3.05) is 5.73 Å². The highest BCUT2D eigenvalue weighted by Crippen LogP contribution is 2.44. The number of nitrogens with two attached hydrogens (primary N) is 2. The van der Waals surface area contributed by atoms with Gasteiger partial charge in [-0.1, -0.05) is 32.1 Å². The third-order valence-corrected chi connectivity index (χ3v) is 4.15. The Hall–Kier alpha value is -2.61. The molecule has 23 heavy (non-hydrogen) atoms. The van der Waals surface area contributed by atoms with E-state index in [-0.39, 0.29) is 16.2 Å². The van der Waals surface area contributed by atoms with E-state index >= 15 is 0 Å². The van der Waals surface area contributed by atoms with Crippen molar-refractivity contribution < 1.29 is 13.9 Å². The molecule has 0 atom stereocenters. The molecule has 0 spiro atoms. The van der Waals surface area contributed by atoms with Gasteiger partial charge in [-0.05, 0) is 12.1 Å². The van der Waals surface area contributed by atoms with Crippen LogP contribution in [-0.4, -0.2) is 16.1 Å². The van der Waals surface area contributed by atoms with Crippen LogP contribution >= 0.6 is 11.3 Å². The van der Waals surface area contributed by atoms with Crippen molar-refractivity contribution in [2.45, 2.75) is 26.2 Å². The van der Waals surface area contributed by atoms with Crippen molar-refractivity contribution in [1.29, 1.82) is 0 Å². The van der Waals surface area contributed by atoms with Gasteiger partial charge in [0.2, 0.25) is 5.06 Å². The number of rotatable bonds is 2. The molecule has 0 radical (unpaired) electrons. The molecule has 8 heteroatoms. The Bertz CT molecular complexity index is 878. The summed E-state index contributed by atoms with van der Waals surface area (Å²) >= 11 is 1.15. The fraction of sp³-hybridized carbons (Fsp3) is 0.267. The smallest absolute Gasteiger partial charge is 0.410 e. The molecule has 3 aromatic heterocycles. The minimum Gasteiger partial charge on any atom is -0.463 e. The number of carbonyl (C=O) groups is 1. The Morgan fingerprint density at radius 3 is 2.65 bits per heavy atom. The number of furan rings is 1. The van der Waals surface area contributed by atoms with Gasteiger partial charge in [0.15, 0.2) is 5.76 Å². The van der Waals surface area contributed by atoms with Crippen molar-refractivity contribution in [3.8, 4) is 16.5 Å². The number of primary amides is 1. The number of hydrogen-bond acceptors (Lipinski definition) is 7. The highest BCUT2D eigenvalue weighted by atomic mass is 32.1. The van der Waals surface area contributed by atoms with Crippen molar-refractivity contribution in [3.05, 3.63) is 24.2 Å². The van der Waals surface area contributed by atoms with Crippen LogP contribution in [0.2, 0.25) is 0 Å². The highest BCUT2D eigenvalue weighted by molar-refractivity contribution is 7.21. The van der Waals surface area contributed by atoms with Gasteiger partial charge < -0.3 is 20.6 Å². The standard InChI is InChI=1S/C15H16N4O3S/c1-15(2,3)13-18-10(7-5-4-6-21-7)8-9(16)12(22-14(17)20)23-11(8)19-13/h4-6H,16H2,1-3H3,(H2,17,20). The number of hydrogen-bond donors (Lipinski definition) is 2. The molecule has 0 aromatic carbocycles. The number of amides is 1. The van der Waals surface area contributed by atoms with E-state index in [0.717, 1.165) is 11.3 Å². The van der Waals surface area contributed by atoms with Crippen LogP contribution in [0, 0.1) is 0 Å². The summed E-state index contributed by atoms with van der Waals surface area (Å²) in [6.45, 7) is 6.04. The summed E-state index contributed by atoms with van der Waals surface area (Å²) in [6.07, 6.45) is 0.635. The molecule has 3 rings (SSSR count). The van der Waals surface area contributed by atoms with E-state index in [1.54, 1.807) is 18.4 Å². The molecule has 0 aliphatic rings.